The number of benzene rings is 1. The molecule has 1 amide bonds. The average Bonchev–Trinajstić information content (AvgIpc) is 2.23. The van der Waals surface area contributed by atoms with Gasteiger partial charge in [0.25, 0.3) is 0 Å². The van der Waals surface area contributed by atoms with Crippen LogP contribution in [0.15, 0.2) is 22.7 Å². The van der Waals surface area contributed by atoms with Gasteiger partial charge in [0.1, 0.15) is 0 Å². The number of hydrogen-bond acceptors (Lipinski definition) is 2. The summed E-state index contributed by atoms with van der Waals surface area (Å²) in [4.78, 5) is 12.0. The van der Waals surface area contributed by atoms with Gasteiger partial charge >= 0.3 is 0 Å². The number of amides is 1. The molecule has 0 spiro atoms. The average molecular weight is 320 g/mol. The lowest BCUT2D eigenvalue weighted by Gasteiger charge is -2.23. The van der Waals surface area contributed by atoms with Crippen LogP contribution < -0.4 is 11.1 Å². The molecule has 5 heteroatoms. The van der Waals surface area contributed by atoms with Gasteiger partial charge in [-0.05, 0) is 31.5 Å². The van der Waals surface area contributed by atoms with Crippen molar-refractivity contribution < 1.29 is 4.79 Å². The molecule has 0 bridgehead atoms. The Kier molecular flexibility index (Phi) is 4.98. The standard InChI is InChI=1S/C12H16BrClN2O/c1-3-6-12(2,15)11(17)16-10-7-8(13)4-5-9(10)14/h4-5,7H,3,6,15H2,1-2H3,(H,16,17). The smallest absolute Gasteiger partial charge is 0.244 e. The Morgan fingerprint density at radius 2 is 2.24 bits per heavy atom. The van der Waals surface area contributed by atoms with Crippen LogP contribution in [-0.4, -0.2) is 11.4 Å². The van der Waals surface area contributed by atoms with Gasteiger partial charge in [-0.25, -0.2) is 0 Å². The number of carbonyl (C=O) groups excluding carboxylic acids is 1. The lowest BCUT2D eigenvalue weighted by Crippen LogP contribution is -2.48. The van der Waals surface area contributed by atoms with E-state index in [1.165, 1.54) is 0 Å². The van der Waals surface area contributed by atoms with Crippen LogP contribution in [0.25, 0.3) is 0 Å². The molecule has 3 nitrogen and oxygen atoms in total. The zero-order chi connectivity index (χ0) is 13.1. The van der Waals surface area contributed by atoms with Gasteiger partial charge in [-0.3, -0.25) is 4.79 Å². The van der Waals surface area contributed by atoms with Crippen molar-refractivity contribution in [3.63, 3.8) is 0 Å². The van der Waals surface area contributed by atoms with E-state index < -0.39 is 5.54 Å². The number of rotatable bonds is 4. The highest BCUT2D eigenvalue weighted by Gasteiger charge is 2.27. The van der Waals surface area contributed by atoms with Gasteiger partial charge in [-0.2, -0.15) is 0 Å². The Morgan fingerprint density at radius 1 is 1.59 bits per heavy atom. The van der Waals surface area contributed by atoms with E-state index in [9.17, 15) is 4.79 Å². The van der Waals surface area contributed by atoms with Crippen LogP contribution in [0.5, 0.6) is 0 Å². The van der Waals surface area contributed by atoms with Crippen molar-refractivity contribution in [3.8, 4) is 0 Å². The molecule has 1 rings (SSSR count). The Bertz CT molecular complexity index is 421. The molecule has 0 radical (unpaired) electrons. The molecular formula is C12H16BrClN2O. The summed E-state index contributed by atoms with van der Waals surface area (Å²) < 4.78 is 0.853. The first kappa shape index (κ1) is 14.5. The molecule has 1 unspecified atom stereocenters. The number of anilines is 1. The number of halogens is 2. The van der Waals surface area contributed by atoms with Crippen molar-refractivity contribution in [3.05, 3.63) is 27.7 Å². The third kappa shape index (κ3) is 3.98. The Labute approximate surface area is 115 Å². The highest BCUT2D eigenvalue weighted by Crippen LogP contribution is 2.26. The monoisotopic (exact) mass is 318 g/mol. The maximum atomic E-state index is 12.0. The molecule has 0 saturated heterocycles. The molecular weight excluding hydrogens is 304 g/mol. The van der Waals surface area contributed by atoms with Crippen molar-refractivity contribution in [1.82, 2.24) is 0 Å². The van der Waals surface area contributed by atoms with E-state index >= 15 is 0 Å². The summed E-state index contributed by atoms with van der Waals surface area (Å²) in [6.45, 7) is 3.71. The molecule has 1 aromatic rings. The quantitative estimate of drug-likeness (QED) is 0.891. The third-order valence-electron chi connectivity index (χ3n) is 2.46. The van der Waals surface area contributed by atoms with E-state index in [-0.39, 0.29) is 5.91 Å². The van der Waals surface area contributed by atoms with Crippen LogP contribution >= 0.6 is 27.5 Å². The molecule has 1 atom stereocenters. The van der Waals surface area contributed by atoms with Gasteiger partial charge < -0.3 is 11.1 Å². The van der Waals surface area contributed by atoms with E-state index in [1.54, 1.807) is 19.1 Å². The summed E-state index contributed by atoms with van der Waals surface area (Å²) in [6.07, 6.45) is 1.48. The lowest BCUT2D eigenvalue weighted by molar-refractivity contribution is -0.120. The normalized spacial score (nSPS) is 14.2. The van der Waals surface area contributed by atoms with E-state index in [2.05, 4.69) is 21.2 Å². The minimum atomic E-state index is -0.875. The second-order valence-corrected chi connectivity index (χ2v) is 5.57. The van der Waals surface area contributed by atoms with Gasteiger partial charge in [0.05, 0.1) is 16.2 Å². The van der Waals surface area contributed by atoms with Gasteiger partial charge in [-0.15, -0.1) is 0 Å². The second-order valence-electron chi connectivity index (χ2n) is 4.25. The van der Waals surface area contributed by atoms with Gasteiger partial charge in [0.15, 0.2) is 0 Å². The van der Waals surface area contributed by atoms with Crippen LogP contribution in [0.4, 0.5) is 5.69 Å². The zero-order valence-corrected chi connectivity index (χ0v) is 12.2. The maximum Gasteiger partial charge on any atom is 0.244 e. The molecule has 0 aliphatic heterocycles. The topological polar surface area (TPSA) is 55.1 Å². The Balaban J connectivity index is 2.84. The van der Waals surface area contributed by atoms with E-state index in [0.29, 0.717) is 17.1 Å². The fourth-order valence-corrected chi connectivity index (χ4v) is 2.02. The maximum absolute atomic E-state index is 12.0. The van der Waals surface area contributed by atoms with Crippen molar-refractivity contribution in [2.24, 2.45) is 5.73 Å². The predicted molar refractivity (Wildman–Crippen MR) is 75.3 cm³/mol. The molecule has 1 aromatic carbocycles. The molecule has 0 fully saturated rings. The van der Waals surface area contributed by atoms with Gasteiger partial charge in [-0.1, -0.05) is 40.9 Å². The van der Waals surface area contributed by atoms with Crippen LogP contribution in [0.3, 0.4) is 0 Å². The largest absolute Gasteiger partial charge is 0.323 e. The van der Waals surface area contributed by atoms with Crippen LogP contribution in [0.2, 0.25) is 5.02 Å². The first-order chi connectivity index (χ1) is 7.86. The minimum absolute atomic E-state index is 0.223. The third-order valence-corrected chi connectivity index (χ3v) is 3.29. The summed E-state index contributed by atoms with van der Waals surface area (Å²) in [7, 11) is 0. The summed E-state index contributed by atoms with van der Waals surface area (Å²) >= 11 is 9.32. The van der Waals surface area contributed by atoms with E-state index in [0.717, 1.165) is 10.9 Å². The first-order valence-corrected chi connectivity index (χ1v) is 6.59. The summed E-state index contributed by atoms with van der Waals surface area (Å²) in [5.74, 6) is -0.223. The summed E-state index contributed by atoms with van der Waals surface area (Å²) in [5.41, 5.74) is 5.63. The van der Waals surface area contributed by atoms with Gasteiger partial charge in [0, 0.05) is 4.47 Å². The Hall–Kier alpha value is -0.580. The molecule has 0 aliphatic rings. The van der Waals surface area contributed by atoms with Crippen molar-refractivity contribution in [1.29, 1.82) is 0 Å². The van der Waals surface area contributed by atoms with Crippen molar-refractivity contribution >= 4 is 39.1 Å². The number of carbonyl (C=O) groups is 1. The fraction of sp³-hybridized carbons (Fsp3) is 0.417. The number of hydrogen-bond donors (Lipinski definition) is 2. The van der Waals surface area contributed by atoms with E-state index in [1.807, 2.05) is 13.0 Å². The Morgan fingerprint density at radius 3 is 2.82 bits per heavy atom. The van der Waals surface area contributed by atoms with E-state index in [4.69, 9.17) is 17.3 Å². The second kappa shape index (κ2) is 5.85. The highest BCUT2D eigenvalue weighted by atomic mass is 79.9. The minimum Gasteiger partial charge on any atom is -0.323 e. The van der Waals surface area contributed by atoms with Crippen molar-refractivity contribution in [2.45, 2.75) is 32.2 Å². The van der Waals surface area contributed by atoms with Gasteiger partial charge in [0.2, 0.25) is 5.91 Å². The van der Waals surface area contributed by atoms with Crippen LogP contribution in [0, 0.1) is 0 Å². The van der Waals surface area contributed by atoms with Crippen molar-refractivity contribution in [2.75, 3.05) is 5.32 Å². The molecule has 17 heavy (non-hydrogen) atoms. The summed E-state index contributed by atoms with van der Waals surface area (Å²) in [5, 5.41) is 3.24. The van der Waals surface area contributed by atoms with Crippen LogP contribution in [0.1, 0.15) is 26.7 Å². The molecule has 0 aromatic heterocycles. The summed E-state index contributed by atoms with van der Waals surface area (Å²) in [6, 6.07) is 5.28. The molecule has 94 valence electrons. The molecule has 0 heterocycles. The first-order valence-electron chi connectivity index (χ1n) is 5.42. The molecule has 0 saturated carbocycles. The molecule has 3 N–H and O–H groups in total. The SMILES string of the molecule is CCCC(C)(N)C(=O)Nc1cc(Br)ccc1Cl. The predicted octanol–water partition coefficient (Wildman–Crippen LogP) is 3.56. The lowest BCUT2D eigenvalue weighted by atomic mass is 9.96. The zero-order valence-electron chi connectivity index (χ0n) is 9.89. The fourth-order valence-electron chi connectivity index (χ4n) is 1.49. The highest BCUT2D eigenvalue weighted by molar-refractivity contribution is 9.10. The van der Waals surface area contributed by atoms with Crippen LogP contribution in [-0.2, 0) is 4.79 Å². The number of nitrogens with two attached hydrogens (primary N) is 1. The number of nitrogens with one attached hydrogen (secondary N) is 1. The molecule has 0 aliphatic carbocycles.